The Morgan fingerprint density at radius 1 is 1.18 bits per heavy atom. The summed E-state index contributed by atoms with van der Waals surface area (Å²) in [7, 11) is 1.55. The molecule has 1 aliphatic heterocycles. The summed E-state index contributed by atoms with van der Waals surface area (Å²) < 4.78 is 5.11. The Kier molecular flexibility index (Phi) is 3.98. The number of carbonyl (C=O) groups is 2. The lowest BCUT2D eigenvalue weighted by Gasteiger charge is -2.17. The third kappa shape index (κ3) is 2.89. The Hall–Kier alpha value is -2.53. The summed E-state index contributed by atoms with van der Waals surface area (Å²) >= 11 is 1.30. The van der Waals surface area contributed by atoms with E-state index in [2.05, 4.69) is 5.32 Å². The van der Waals surface area contributed by atoms with Crippen molar-refractivity contribution in [2.45, 2.75) is 4.90 Å². The second-order valence-corrected chi connectivity index (χ2v) is 5.74. The lowest BCUT2D eigenvalue weighted by atomic mass is 10.1. The minimum absolute atomic E-state index is 0.226. The number of nitrogens with one attached hydrogen (secondary N) is 1. The van der Waals surface area contributed by atoms with Gasteiger partial charge >= 0.3 is 0 Å². The molecule has 2 aromatic rings. The molecule has 2 aromatic carbocycles. The first-order valence-corrected chi connectivity index (χ1v) is 7.47. The van der Waals surface area contributed by atoms with Crippen molar-refractivity contribution >= 4 is 29.1 Å². The first kappa shape index (κ1) is 14.4. The van der Waals surface area contributed by atoms with Crippen LogP contribution in [-0.4, -0.2) is 18.8 Å². The number of hydrogen-bond acceptors (Lipinski definition) is 4. The predicted octanol–water partition coefficient (Wildman–Crippen LogP) is 3.51. The average molecular weight is 311 g/mol. The van der Waals surface area contributed by atoms with Gasteiger partial charge in [0.05, 0.1) is 17.7 Å². The van der Waals surface area contributed by atoms with Crippen molar-refractivity contribution in [3.8, 4) is 5.75 Å². The van der Waals surface area contributed by atoms with Crippen molar-refractivity contribution in [2.75, 3.05) is 12.4 Å². The van der Waals surface area contributed by atoms with Gasteiger partial charge in [0.25, 0.3) is 5.91 Å². The third-order valence-electron chi connectivity index (χ3n) is 3.20. The average Bonchev–Trinajstić information content (AvgIpc) is 2.55. The number of para-hydroxylation sites is 1. The molecule has 0 fully saturated rings. The van der Waals surface area contributed by atoms with E-state index in [4.69, 9.17) is 4.74 Å². The maximum absolute atomic E-state index is 12.3. The second kappa shape index (κ2) is 6.07. The fourth-order valence-corrected chi connectivity index (χ4v) is 3.00. The Balaban J connectivity index is 1.88. The van der Waals surface area contributed by atoms with Crippen LogP contribution in [0.3, 0.4) is 0 Å². The van der Waals surface area contributed by atoms with E-state index >= 15 is 0 Å². The number of ether oxygens (including phenoxy) is 1. The maximum Gasteiger partial charge on any atom is 0.262 e. The van der Waals surface area contributed by atoms with Crippen LogP contribution in [0.2, 0.25) is 0 Å². The molecule has 3 rings (SSSR count). The molecule has 0 saturated carbocycles. The largest absolute Gasteiger partial charge is 0.497 e. The summed E-state index contributed by atoms with van der Waals surface area (Å²) in [6, 6.07) is 14.3. The number of carbonyl (C=O) groups excluding carboxylic acids is 2. The van der Waals surface area contributed by atoms with E-state index in [0.717, 1.165) is 10.6 Å². The molecule has 0 saturated heterocycles. The van der Waals surface area contributed by atoms with Gasteiger partial charge in [0.2, 0.25) is 0 Å². The highest BCUT2D eigenvalue weighted by molar-refractivity contribution is 8.04. The monoisotopic (exact) mass is 311 g/mol. The smallest absolute Gasteiger partial charge is 0.262 e. The van der Waals surface area contributed by atoms with Crippen molar-refractivity contribution in [1.82, 2.24) is 0 Å². The van der Waals surface area contributed by atoms with Crippen molar-refractivity contribution in [1.29, 1.82) is 0 Å². The highest BCUT2D eigenvalue weighted by Crippen LogP contribution is 2.37. The molecule has 5 heteroatoms. The number of hydrogen-bond donors (Lipinski definition) is 1. The molecule has 0 aromatic heterocycles. The van der Waals surface area contributed by atoms with Crippen LogP contribution in [0.4, 0.5) is 5.69 Å². The number of anilines is 1. The van der Waals surface area contributed by atoms with Crippen molar-refractivity contribution in [2.24, 2.45) is 0 Å². The standard InChI is InChI=1S/C17H13NO3S/c1-21-12-6-4-5-11(9-12)14(19)10-16-17(20)18-13-7-2-3-8-15(13)22-16/h2-10H,1H3,(H,18,20). The van der Waals surface area contributed by atoms with Crippen molar-refractivity contribution in [3.63, 3.8) is 0 Å². The zero-order chi connectivity index (χ0) is 15.5. The van der Waals surface area contributed by atoms with Crippen molar-refractivity contribution in [3.05, 3.63) is 65.1 Å². The van der Waals surface area contributed by atoms with Gasteiger partial charge in [-0.25, -0.2) is 0 Å². The zero-order valence-electron chi connectivity index (χ0n) is 11.8. The van der Waals surface area contributed by atoms with Gasteiger partial charge in [0.15, 0.2) is 5.78 Å². The number of allylic oxidation sites excluding steroid dienone is 1. The molecular formula is C17H13NO3S. The number of thioether (sulfide) groups is 1. The number of ketones is 1. The maximum atomic E-state index is 12.3. The van der Waals surface area contributed by atoms with E-state index in [1.165, 1.54) is 17.8 Å². The number of amides is 1. The molecule has 0 atom stereocenters. The molecule has 1 heterocycles. The van der Waals surface area contributed by atoms with Crippen LogP contribution < -0.4 is 10.1 Å². The quantitative estimate of drug-likeness (QED) is 0.696. The van der Waals surface area contributed by atoms with Crippen LogP contribution in [-0.2, 0) is 4.79 Å². The van der Waals surface area contributed by atoms with Gasteiger partial charge in [-0.1, -0.05) is 36.0 Å². The molecule has 0 radical (unpaired) electrons. The van der Waals surface area contributed by atoms with E-state index < -0.39 is 0 Å². The van der Waals surface area contributed by atoms with Gasteiger partial charge in [-0.05, 0) is 24.3 Å². The van der Waals surface area contributed by atoms with Gasteiger partial charge in [0, 0.05) is 16.5 Å². The predicted molar refractivity (Wildman–Crippen MR) is 86.3 cm³/mol. The molecule has 22 heavy (non-hydrogen) atoms. The van der Waals surface area contributed by atoms with E-state index in [0.29, 0.717) is 16.2 Å². The van der Waals surface area contributed by atoms with Crippen LogP contribution in [0.15, 0.2) is 64.4 Å². The normalized spacial score (nSPS) is 15.1. The van der Waals surface area contributed by atoms with E-state index in [1.807, 2.05) is 24.3 Å². The zero-order valence-corrected chi connectivity index (χ0v) is 12.6. The molecule has 110 valence electrons. The summed E-state index contributed by atoms with van der Waals surface area (Å²) in [4.78, 5) is 25.7. The highest BCUT2D eigenvalue weighted by atomic mass is 32.2. The van der Waals surface area contributed by atoms with E-state index in [-0.39, 0.29) is 11.7 Å². The Morgan fingerprint density at radius 2 is 2.00 bits per heavy atom. The Bertz CT molecular complexity index is 783. The van der Waals surface area contributed by atoms with Crippen LogP contribution in [0.5, 0.6) is 5.75 Å². The Morgan fingerprint density at radius 3 is 2.82 bits per heavy atom. The molecule has 4 nitrogen and oxygen atoms in total. The van der Waals surface area contributed by atoms with Gasteiger partial charge in [-0.2, -0.15) is 0 Å². The Labute approximate surface area is 132 Å². The molecule has 0 unspecified atom stereocenters. The molecule has 1 N–H and O–H groups in total. The minimum Gasteiger partial charge on any atom is -0.497 e. The molecule has 0 aliphatic carbocycles. The van der Waals surface area contributed by atoms with Gasteiger partial charge in [-0.15, -0.1) is 0 Å². The SMILES string of the molecule is COc1cccc(C(=O)C=C2Sc3ccccc3NC2=O)c1. The first-order chi connectivity index (χ1) is 10.7. The van der Waals surface area contributed by atoms with Gasteiger partial charge in [0.1, 0.15) is 5.75 Å². The molecule has 0 bridgehead atoms. The van der Waals surface area contributed by atoms with Crippen LogP contribution >= 0.6 is 11.8 Å². The van der Waals surface area contributed by atoms with Crippen LogP contribution in [0.25, 0.3) is 0 Å². The van der Waals surface area contributed by atoms with E-state index in [1.54, 1.807) is 31.4 Å². The summed E-state index contributed by atoms with van der Waals surface area (Å²) in [5.74, 6) is 0.117. The summed E-state index contributed by atoms with van der Waals surface area (Å²) in [6.45, 7) is 0. The first-order valence-electron chi connectivity index (χ1n) is 6.65. The summed E-state index contributed by atoms with van der Waals surface area (Å²) in [5.41, 5.74) is 1.25. The van der Waals surface area contributed by atoms with Crippen molar-refractivity contribution < 1.29 is 14.3 Å². The number of benzene rings is 2. The number of fused-ring (bicyclic) bond motifs is 1. The van der Waals surface area contributed by atoms with Crippen LogP contribution in [0, 0.1) is 0 Å². The molecular weight excluding hydrogens is 298 g/mol. The fourth-order valence-electron chi connectivity index (χ4n) is 2.08. The summed E-state index contributed by atoms with van der Waals surface area (Å²) in [5, 5.41) is 2.78. The second-order valence-electron chi connectivity index (χ2n) is 4.66. The van der Waals surface area contributed by atoms with Gasteiger partial charge < -0.3 is 10.1 Å². The molecule has 0 spiro atoms. The third-order valence-corrected chi connectivity index (χ3v) is 4.29. The minimum atomic E-state index is -0.264. The fraction of sp³-hybridized carbons (Fsp3) is 0.0588. The van der Waals surface area contributed by atoms with Crippen LogP contribution in [0.1, 0.15) is 10.4 Å². The lowest BCUT2D eigenvalue weighted by Crippen LogP contribution is -2.18. The molecule has 1 amide bonds. The topological polar surface area (TPSA) is 55.4 Å². The molecule has 1 aliphatic rings. The highest BCUT2D eigenvalue weighted by Gasteiger charge is 2.21. The lowest BCUT2D eigenvalue weighted by molar-refractivity contribution is -0.112. The number of methoxy groups -OCH3 is 1. The number of rotatable bonds is 3. The van der Waals surface area contributed by atoms with Gasteiger partial charge in [-0.3, -0.25) is 9.59 Å². The van der Waals surface area contributed by atoms with E-state index in [9.17, 15) is 9.59 Å². The summed E-state index contributed by atoms with van der Waals surface area (Å²) in [6.07, 6.45) is 1.37.